The van der Waals surface area contributed by atoms with Crippen LogP contribution < -0.4 is 14.2 Å². The lowest BCUT2D eigenvalue weighted by molar-refractivity contribution is -0.384. The first-order valence-corrected chi connectivity index (χ1v) is 7.78. The average Bonchev–Trinajstić information content (AvgIpc) is 2.61. The Hall–Kier alpha value is -3.09. The van der Waals surface area contributed by atoms with Crippen molar-refractivity contribution in [3.8, 4) is 17.2 Å². The van der Waals surface area contributed by atoms with Gasteiger partial charge in [-0.3, -0.25) is 14.9 Å². The maximum atomic E-state index is 11.9. The van der Waals surface area contributed by atoms with Crippen LogP contribution in [0.25, 0.3) is 0 Å². The molecule has 2 aromatic rings. The van der Waals surface area contributed by atoms with Crippen LogP contribution in [0.5, 0.6) is 17.2 Å². The van der Waals surface area contributed by atoms with Crippen molar-refractivity contribution in [2.24, 2.45) is 0 Å². The van der Waals surface area contributed by atoms with Gasteiger partial charge in [-0.1, -0.05) is 6.07 Å². The van der Waals surface area contributed by atoms with E-state index >= 15 is 0 Å². The molecule has 132 valence electrons. The molecule has 7 nitrogen and oxygen atoms in total. The summed E-state index contributed by atoms with van der Waals surface area (Å²) in [5.74, 6) is 1.13. The molecule has 0 heterocycles. The summed E-state index contributed by atoms with van der Waals surface area (Å²) >= 11 is 0. The fourth-order valence-corrected chi connectivity index (χ4v) is 2.21. The SMILES string of the molecule is CCOc1ccc(CCC(=O)Oc2ccc([N+](=O)[O-])cc2)cc1OC. The number of hydrogen-bond acceptors (Lipinski definition) is 6. The molecule has 0 aliphatic rings. The van der Waals surface area contributed by atoms with E-state index in [9.17, 15) is 14.9 Å². The number of carbonyl (C=O) groups excluding carboxylic acids is 1. The number of benzene rings is 2. The second-order valence-corrected chi connectivity index (χ2v) is 5.14. The maximum Gasteiger partial charge on any atom is 0.311 e. The molecular formula is C18H19NO6. The Morgan fingerprint density at radius 2 is 1.84 bits per heavy atom. The van der Waals surface area contributed by atoms with Crippen LogP contribution in [-0.2, 0) is 11.2 Å². The molecule has 0 saturated carbocycles. The van der Waals surface area contributed by atoms with Crippen LogP contribution in [-0.4, -0.2) is 24.6 Å². The smallest absolute Gasteiger partial charge is 0.311 e. The second kappa shape index (κ2) is 8.68. The summed E-state index contributed by atoms with van der Waals surface area (Å²) in [5, 5.41) is 10.6. The van der Waals surface area contributed by atoms with E-state index in [4.69, 9.17) is 14.2 Å². The zero-order valence-corrected chi connectivity index (χ0v) is 14.1. The van der Waals surface area contributed by atoms with Crippen molar-refractivity contribution in [2.75, 3.05) is 13.7 Å². The van der Waals surface area contributed by atoms with Gasteiger partial charge in [0.25, 0.3) is 5.69 Å². The molecule has 0 aliphatic carbocycles. The molecular weight excluding hydrogens is 326 g/mol. The van der Waals surface area contributed by atoms with Crippen LogP contribution in [0.3, 0.4) is 0 Å². The number of aryl methyl sites for hydroxylation is 1. The number of non-ortho nitro benzene ring substituents is 1. The molecule has 0 spiro atoms. The first kappa shape index (κ1) is 18.3. The van der Waals surface area contributed by atoms with Gasteiger partial charge in [-0.2, -0.15) is 0 Å². The number of hydrogen-bond donors (Lipinski definition) is 0. The third kappa shape index (κ3) is 5.20. The highest BCUT2D eigenvalue weighted by Crippen LogP contribution is 2.28. The lowest BCUT2D eigenvalue weighted by Gasteiger charge is -2.11. The monoisotopic (exact) mass is 345 g/mol. The zero-order valence-electron chi connectivity index (χ0n) is 14.1. The fraction of sp³-hybridized carbons (Fsp3) is 0.278. The van der Waals surface area contributed by atoms with Crippen molar-refractivity contribution in [3.05, 3.63) is 58.1 Å². The molecule has 0 unspecified atom stereocenters. The van der Waals surface area contributed by atoms with Crippen molar-refractivity contribution in [2.45, 2.75) is 19.8 Å². The van der Waals surface area contributed by atoms with Crippen LogP contribution in [0.15, 0.2) is 42.5 Å². The van der Waals surface area contributed by atoms with E-state index in [1.54, 1.807) is 13.2 Å². The predicted octanol–water partition coefficient (Wildman–Crippen LogP) is 3.54. The fourth-order valence-electron chi connectivity index (χ4n) is 2.21. The lowest BCUT2D eigenvalue weighted by atomic mass is 10.1. The maximum absolute atomic E-state index is 11.9. The number of ether oxygens (including phenoxy) is 3. The van der Waals surface area contributed by atoms with Gasteiger partial charge in [0.2, 0.25) is 0 Å². The third-order valence-corrected chi connectivity index (χ3v) is 3.42. The Morgan fingerprint density at radius 1 is 1.12 bits per heavy atom. The molecule has 0 N–H and O–H groups in total. The number of methoxy groups -OCH3 is 1. The number of nitro benzene ring substituents is 1. The molecule has 0 bridgehead atoms. The van der Waals surface area contributed by atoms with Crippen LogP contribution in [0.2, 0.25) is 0 Å². The van der Waals surface area contributed by atoms with Gasteiger partial charge in [-0.25, -0.2) is 0 Å². The minimum atomic E-state index is -0.509. The molecule has 0 aromatic heterocycles. The standard InChI is InChI=1S/C18H19NO6/c1-3-24-16-10-4-13(12-17(16)23-2)5-11-18(20)25-15-8-6-14(7-9-15)19(21)22/h4,6-10,12H,3,5,11H2,1-2H3. The molecule has 2 rings (SSSR count). The van der Waals surface area contributed by atoms with Gasteiger partial charge in [0.1, 0.15) is 5.75 Å². The van der Waals surface area contributed by atoms with E-state index in [1.807, 2.05) is 19.1 Å². The highest BCUT2D eigenvalue weighted by atomic mass is 16.6. The summed E-state index contributed by atoms with van der Waals surface area (Å²) in [7, 11) is 1.56. The summed E-state index contributed by atoms with van der Waals surface area (Å²) in [4.78, 5) is 22.0. The van der Waals surface area contributed by atoms with Gasteiger partial charge in [0, 0.05) is 18.6 Å². The summed E-state index contributed by atoms with van der Waals surface area (Å²) in [5.41, 5.74) is 0.863. The zero-order chi connectivity index (χ0) is 18.2. The van der Waals surface area contributed by atoms with Crippen LogP contribution in [0, 0.1) is 10.1 Å². The summed E-state index contributed by atoms with van der Waals surface area (Å²) < 4.78 is 15.9. The minimum Gasteiger partial charge on any atom is -0.493 e. The van der Waals surface area contributed by atoms with Crippen LogP contribution in [0.4, 0.5) is 5.69 Å². The molecule has 0 atom stereocenters. The Kier molecular flexibility index (Phi) is 6.33. The topological polar surface area (TPSA) is 87.9 Å². The lowest BCUT2D eigenvalue weighted by Crippen LogP contribution is -2.09. The first-order chi connectivity index (χ1) is 12.0. The van der Waals surface area contributed by atoms with Crippen LogP contribution in [0.1, 0.15) is 18.9 Å². The number of esters is 1. The third-order valence-electron chi connectivity index (χ3n) is 3.42. The van der Waals surface area contributed by atoms with Crippen LogP contribution >= 0.6 is 0 Å². The second-order valence-electron chi connectivity index (χ2n) is 5.14. The van der Waals surface area contributed by atoms with Gasteiger partial charge in [-0.05, 0) is 43.2 Å². The van der Waals surface area contributed by atoms with E-state index in [1.165, 1.54) is 24.3 Å². The molecule has 0 amide bonds. The van der Waals surface area contributed by atoms with Crippen molar-refractivity contribution in [1.29, 1.82) is 0 Å². The van der Waals surface area contributed by atoms with E-state index in [0.717, 1.165) is 5.56 Å². The van der Waals surface area contributed by atoms with E-state index in [2.05, 4.69) is 0 Å². The quantitative estimate of drug-likeness (QED) is 0.315. The van der Waals surface area contributed by atoms with Gasteiger partial charge in [-0.15, -0.1) is 0 Å². The largest absolute Gasteiger partial charge is 0.493 e. The molecule has 0 radical (unpaired) electrons. The van der Waals surface area contributed by atoms with E-state index < -0.39 is 10.9 Å². The number of nitro groups is 1. The highest BCUT2D eigenvalue weighted by Gasteiger charge is 2.10. The molecule has 0 fully saturated rings. The van der Waals surface area contributed by atoms with Crippen molar-refractivity contribution in [1.82, 2.24) is 0 Å². The normalized spacial score (nSPS) is 10.2. The molecule has 7 heteroatoms. The van der Waals surface area contributed by atoms with Gasteiger partial charge in [0.05, 0.1) is 18.6 Å². The van der Waals surface area contributed by atoms with Gasteiger partial charge in [0.15, 0.2) is 11.5 Å². The predicted molar refractivity (Wildman–Crippen MR) is 91.2 cm³/mol. The minimum absolute atomic E-state index is 0.0544. The Bertz CT molecular complexity index is 742. The van der Waals surface area contributed by atoms with Crippen molar-refractivity contribution >= 4 is 11.7 Å². The Balaban J connectivity index is 1.92. The average molecular weight is 345 g/mol. The Morgan fingerprint density at radius 3 is 2.44 bits per heavy atom. The Labute approximate surface area is 145 Å². The summed E-state index contributed by atoms with van der Waals surface area (Å²) in [6, 6.07) is 10.9. The van der Waals surface area contributed by atoms with E-state index in [-0.39, 0.29) is 17.9 Å². The van der Waals surface area contributed by atoms with Gasteiger partial charge >= 0.3 is 5.97 Å². The summed E-state index contributed by atoms with van der Waals surface area (Å²) in [6.45, 7) is 2.43. The molecule has 0 aliphatic heterocycles. The molecule has 2 aromatic carbocycles. The number of rotatable bonds is 8. The number of nitrogens with zero attached hydrogens (tertiary/aromatic N) is 1. The highest BCUT2D eigenvalue weighted by molar-refractivity contribution is 5.72. The van der Waals surface area contributed by atoms with Crippen molar-refractivity contribution in [3.63, 3.8) is 0 Å². The number of carbonyl (C=O) groups is 1. The summed E-state index contributed by atoms with van der Waals surface area (Å²) in [6.07, 6.45) is 0.655. The molecule has 0 saturated heterocycles. The van der Waals surface area contributed by atoms with Gasteiger partial charge < -0.3 is 14.2 Å². The van der Waals surface area contributed by atoms with Crippen molar-refractivity contribution < 1.29 is 23.9 Å². The van der Waals surface area contributed by atoms with E-state index in [0.29, 0.717) is 24.5 Å². The first-order valence-electron chi connectivity index (χ1n) is 7.78. The molecule has 25 heavy (non-hydrogen) atoms.